The minimum absolute atomic E-state index is 0.0236. The lowest BCUT2D eigenvalue weighted by atomic mass is 10.0. The third kappa shape index (κ3) is 5.43. The number of terminal acetylenes is 1. The van der Waals surface area contributed by atoms with E-state index in [1.54, 1.807) is 24.3 Å². The van der Waals surface area contributed by atoms with Crippen LogP contribution in [0.2, 0.25) is 0 Å². The standard InChI is InChI=1S/C20H24O4/c1-5-13-23-19(21)16-7-9-17(10-8-16)22-14-12-15(2)6-11-18-20(3,4)24-18/h1,7-10,12,18H,6,11,13-14H2,2-4H3. The highest BCUT2D eigenvalue weighted by Crippen LogP contribution is 2.38. The van der Waals surface area contributed by atoms with Gasteiger partial charge in [-0.2, -0.15) is 0 Å². The van der Waals surface area contributed by atoms with Crippen LogP contribution in [0.5, 0.6) is 5.75 Å². The minimum Gasteiger partial charge on any atom is -0.490 e. The molecule has 0 saturated carbocycles. The van der Waals surface area contributed by atoms with Crippen molar-refractivity contribution in [1.29, 1.82) is 0 Å². The first kappa shape index (κ1) is 18.1. The van der Waals surface area contributed by atoms with Crippen molar-refractivity contribution in [2.75, 3.05) is 13.2 Å². The Morgan fingerprint density at radius 2 is 2.04 bits per heavy atom. The smallest absolute Gasteiger partial charge is 0.339 e. The van der Waals surface area contributed by atoms with E-state index in [9.17, 15) is 4.79 Å². The summed E-state index contributed by atoms with van der Waals surface area (Å²) >= 11 is 0. The molecule has 1 aromatic carbocycles. The summed E-state index contributed by atoms with van der Waals surface area (Å²) in [5, 5.41) is 0. The van der Waals surface area contributed by atoms with Crippen molar-refractivity contribution in [2.45, 2.75) is 45.3 Å². The summed E-state index contributed by atoms with van der Waals surface area (Å²) in [4.78, 5) is 11.6. The average Bonchev–Trinajstić information content (AvgIpc) is 3.18. The molecule has 0 radical (unpaired) electrons. The number of allylic oxidation sites excluding steroid dienone is 1. The quantitative estimate of drug-likeness (QED) is 0.315. The second-order valence-electron chi connectivity index (χ2n) is 6.41. The van der Waals surface area contributed by atoms with Gasteiger partial charge in [0.15, 0.2) is 6.61 Å². The van der Waals surface area contributed by atoms with Crippen molar-refractivity contribution in [3.63, 3.8) is 0 Å². The van der Waals surface area contributed by atoms with E-state index in [-0.39, 0.29) is 12.2 Å². The predicted molar refractivity (Wildman–Crippen MR) is 93.0 cm³/mol. The van der Waals surface area contributed by atoms with E-state index >= 15 is 0 Å². The maximum atomic E-state index is 11.6. The third-order valence-electron chi connectivity index (χ3n) is 4.02. The van der Waals surface area contributed by atoms with E-state index in [0.717, 1.165) is 12.8 Å². The van der Waals surface area contributed by atoms with Crippen molar-refractivity contribution in [2.24, 2.45) is 0 Å². The molecule has 1 heterocycles. The van der Waals surface area contributed by atoms with E-state index in [2.05, 4.69) is 32.8 Å². The molecular formula is C20H24O4. The fraction of sp³-hybridized carbons (Fsp3) is 0.450. The number of hydrogen-bond acceptors (Lipinski definition) is 4. The Hall–Kier alpha value is -2.25. The molecule has 1 fully saturated rings. The normalized spacial score (nSPS) is 18.6. The number of rotatable bonds is 8. The molecule has 2 rings (SSSR count). The number of benzene rings is 1. The third-order valence-corrected chi connectivity index (χ3v) is 4.02. The minimum atomic E-state index is -0.430. The zero-order chi connectivity index (χ0) is 17.6. The predicted octanol–water partition coefficient (Wildman–Crippen LogP) is 3.76. The Kier molecular flexibility index (Phi) is 6.05. The Balaban J connectivity index is 1.72. The molecule has 1 aliphatic heterocycles. The number of carbonyl (C=O) groups is 1. The SMILES string of the molecule is C#CCOC(=O)c1ccc(OCC=C(C)CCC2OC2(C)C)cc1. The van der Waals surface area contributed by atoms with Gasteiger partial charge in [-0.3, -0.25) is 0 Å². The first-order chi connectivity index (χ1) is 11.4. The summed E-state index contributed by atoms with van der Waals surface area (Å²) in [6.45, 7) is 6.81. The van der Waals surface area contributed by atoms with Gasteiger partial charge in [0.2, 0.25) is 0 Å². The number of hydrogen-bond donors (Lipinski definition) is 0. The van der Waals surface area contributed by atoms with Gasteiger partial charge < -0.3 is 14.2 Å². The molecule has 0 aliphatic carbocycles. The summed E-state index contributed by atoms with van der Waals surface area (Å²) in [7, 11) is 0. The Labute approximate surface area is 143 Å². The van der Waals surface area contributed by atoms with Crippen LogP contribution in [0.15, 0.2) is 35.9 Å². The fourth-order valence-electron chi connectivity index (χ4n) is 2.36. The Bertz CT molecular complexity index is 635. The average molecular weight is 328 g/mol. The summed E-state index contributed by atoms with van der Waals surface area (Å²) < 4.78 is 16.1. The molecule has 0 bridgehead atoms. The molecule has 4 heteroatoms. The van der Waals surface area contributed by atoms with Crippen LogP contribution in [0, 0.1) is 12.3 Å². The molecule has 1 aliphatic rings. The van der Waals surface area contributed by atoms with Gasteiger partial charge in [0.05, 0.1) is 17.3 Å². The molecule has 1 unspecified atom stereocenters. The summed E-state index contributed by atoms with van der Waals surface area (Å²) in [6, 6.07) is 6.82. The highest BCUT2D eigenvalue weighted by Gasteiger charge is 2.46. The molecule has 0 amide bonds. The van der Waals surface area contributed by atoms with Gasteiger partial charge in [-0.25, -0.2) is 4.79 Å². The lowest BCUT2D eigenvalue weighted by Gasteiger charge is -2.06. The molecular weight excluding hydrogens is 304 g/mol. The fourth-order valence-corrected chi connectivity index (χ4v) is 2.36. The van der Waals surface area contributed by atoms with Crippen LogP contribution in [0.1, 0.15) is 44.0 Å². The van der Waals surface area contributed by atoms with Gasteiger partial charge in [-0.1, -0.05) is 11.5 Å². The van der Waals surface area contributed by atoms with E-state index in [4.69, 9.17) is 20.6 Å². The maximum absolute atomic E-state index is 11.6. The molecule has 0 spiro atoms. The highest BCUT2D eigenvalue weighted by atomic mass is 16.6. The highest BCUT2D eigenvalue weighted by molar-refractivity contribution is 5.89. The van der Waals surface area contributed by atoms with Crippen LogP contribution in [0.4, 0.5) is 0 Å². The molecule has 24 heavy (non-hydrogen) atoms. The molecule has 0 aromatic heterocycles. The van der Waals surface area contributed by atoms with Crippen LogP contribution in [0.25, 0.3) is 0 Å². The van der Waals surface area contributed by atoms with Crippen LogP contribution in [0.3, 0.4) is 0 Å². The first-order valence-electron chi connectivity index (χ1n) is 8.09. The molecule has 0 N–H and O–H groups in total. The number of esters is 1. The van der Waals surface area contributed by atoms with E-state index < -0.39 is 5.97 Å². The lowest BCUT2D eigenvalue weighted by Crippen LogP contribution is -2.05. The Morgan fingerprint density at radius 1 is 1.38 bits per heavy atom. The second-order valence-corrected chi connectivity index (χ2v) is 6.41. The maximum Gasteiger partial charge on any atom is 0.339 e. The number of carbonyl (C=O) groups excluding carboxylic acids is 1. The van der Waals surface area contributed by atoms with Gasteiger partial charge >= 0.3 is 5.97 Å². The van der Waals surface area contributed by atoms with Crippen molar-refractivity contribution in [1.82, 2.24) is 0 Å². The van der Waals surface area contributed by atoms with E-state index in [0.29, 0.717) is 24.0 Å². The van der Waals surface area contributed by atoms with Crippen molar-refractivity contribution >= 4 is 5.97 Å². The van der Waals surface area contributed by atoms with Crippen LogP contribution in [-0.4, -0.2) is 30.9 Å². The zero-order valence-corrected chi connectivity index (χ0v) is 14.5. The van der Waals surface area contributed by atoms with E-state index in [1.165, 1.54) is 5.57 Å². The van der Waals surface area contributed by atoms with Gasteiger partial charge in [0.25, 0.3) is 0 Å². The van der Waals surface area contributed by atoms with Crippen molar-refractivity contribution in [3.8, 4) is 18.1 Å². The van der Waals surface area contributed by atoms with Crippen molar-refractivity contribution in [3.05, 3.63) is 41.5 Å². The van der Waals surface area contributed by atoms with Gasteiger partial charge in [-0.15, -0.1) is 6.42 Å². The number of epoxide rings is 1. The van der Waals surface area contributed by atoms with Gasteiger partial charge in [0.1, 0.15) is 12.4 Å². The molecule has 4 nitrogen and oxygen atoms in total. The molecule has 1 aromatic rings. The zero-order valence-electron chi connectivity index (χ0n) is 14.5. The summed E-state index contributed by atoms with van der Waals surface area (Å²) in [5.41, 5.74) is 1.80. The largest absolute Gasteiger partial charge is 0.490 e. The molecule has 1 saturated heterocycles. The van der Waals surface area contributed by atoms with Crippen molar-refractivity contribution < 1.29 is 19.0 Å². The molecule has 128 valence electrons. The van der Waals surface area contributed by atoms with Gasteiger partial charge in [0, 0.05) is 0 Å². The summed E-state index contributed by atoms with van der Waals surface area (Å²) in [5.74, 6) is 2.54. The first-order valence-corrected chi connectivity index (χ1v) is 8.09. The van der Waals surface area contributed by atoms with Crippen LogP contribution < -0.4 is 4.74 Å². The molecule has 1 atom stereocenters. The second kappa shape index (κ2) is 8.03. The monoisotopic (exact) mass is 328 g/mol. The van der Waals surface area contributed by atoms with Crippen LogP contribution >= 0.6 is 0 Å². The van der Waals surface area contributed by atoms with Crippen LogP contribution in [-0.2, 0) is 9.47 Å². The van der Waals surface area contributed by atoms with Gasteiger partial charge in [-0.05, 0) is 64.0 Å². The lowest BCUT2D eigenvalue weighted by molar-refractivity contribution is 0.0556. The number of ether oxygens (including phenoxy) is 3. The topological polar surface area (TPSA) is 48.1 Å². The summed E-state index contributed by atoms with van der Waals surface area (Å²) in [6.07, 6.45) is 9.56. The van der Waals surface area contributed by atoms with E-state index in [1.807, 2.05) is 0 Å². The Morgan fingerprint density at radius 3 is 2.62 bits per heavy atom.